The molecule has 0 saturated carbocycles. The van der Waals surface area contributed by atoms with Gasteiger partial charge < -0.3 is 0 Å². The van der Waals surface area contributed by atoms with Gasteiger partial charge in [-0.25, -0.2) is 8.42 Å². The monoisotopic (exact) mass is 310 g/mol. The van der Waals surface area contributed by atoms with Crippen LogP contribution in [0.5, 0.6) is 0 Å². The third kappa shape index (κ3) is 3.54. The zero-order valence-electron chi connectivity index (χ0n) is 11.4. The second kappa shape index (κ2) is 6.61. The van der Waals surface area contributed by atoms with Crippen molar-refractivity contribution in [3.8, 4) is 6.07 Å². The van der Waals surface area contributed by atoms with E-state index in [4.69, 9.17) is 5.26 Å². The molecule has 0 N–H and O–H groups in total. The number of hydrogen-bond acceptors (Lipinski definition) is 5. The van der Waals surface area contributed by atoms with Crippen molar-refractivity contribution in [2.75, 3.05) is 23.8 Å². The van der Waals surface area contributed by atoms with Crippen LogP contribution in [0.15, 0.2) is 24.3 Å². The summed E-state index contributed by atoms with van der Waals surface area (Å²) >= 11 is 1.69. The van der Waals surface area contributed by atoms with Crippen LogP contribution in [0, 0.1) is 11.3 Å². The van der Waals surface area contributed by atoms with Crippen LogP contribution >= 0.6 is 11.8 Å². The van der Waals surface area contributed by atoms with Crippen LogP contribution in [-0.2, 0) is 16.4 Å². The quantitative estimate of drug-likeness (QED) is 0.849. The van der Waals surface area contributed by atoms with Crippen molar-refractivity contribution < 1.29 is 8.42 Å². The van der Waals surface area contributed by atoms with E-state index in [0.717, 1.165) is 17.9 Å². The van der Waals surface area contributed by atoms with E-state index in [-0.39, 0.29) is 5.75 Å². The second-order valence-electron chi connectivity index (χ2n) is 4.76. The standard InChI is InChI=1S/C14H18N2O2S2/c1-2-20(17,18)14-11-19-7-6-16(14)10-13-5-3-4-12(8-13)9-15/h3-5,8,14H,2,6-7,10-11H2,1H3. The molecule has 0 spiro atoms. The molecule has 1 fully saturated rings. The van der Waals surface area contributed by atoms with Crippen molar-refractivity contribution in [2.24, 2.45) is 0 Å². The zero-order valence-corrected chi connectivity index (χ0v) is 13.1. The molecule has 1 aromatic carbocycles. The molecule has 1 heterocycles. The summed E-state index contributed by atoms with van der Waals surface area (Å²) < 4.78 is 24.3. The van der Waals surface area contributed by atoms with Crippen molar-refractivity contribution in [3.63, 3.8) is 0 Å². The topological polar surface area (TPSA) is 61.2 Å². The molecule has 4 nitrogen and oxygen atoms in total. The number of sulfone groups is 1. The van der Waals surface area contributed by atoms with E-state index >= 15 is 0 Å². The van der Waals surface area contributed by atoms with E-state index in [1.54, 1.807) is 24.8 Å². The smallest absolute Gasteiger partial charge is 0.166 e. The first kappa shape index (κ1) is 15.4. The van der Waals surface area contributed by atoms with Gasteiger partial charge in [0.25, 0.3) is 0 Å². The average molecular weight is 310 g/mol. The number of rotatable bonds is 4. The van der Waals surface area contributed by atoms with Crippen LogP contribution in [0.3, 0.4) is 0 Å². The molecule has 0 bridgehead atoms. The minimum atomic E-state index is -3.07. The number of nitrogens with zero attached hydrogens (tertiary/aromatic N) is 2. The molecule has 0 aliphatic carbocycles. The SMILES string of the molecule is CCS(=O)(=O)C1CSCCN1Cc1cccc(C#N)c1. The van der Waals surface area contributed by atoms with Gasteiger partial charge in [0.2, 0.25) is 0 Å². The highest BCUT2D eigenvalue weighted by molar-refractivity contribution is 8.01. The molecule has 1 unspecified atom stereocenters. The van der Waals surface area contributed by atoms with Crippen molar-refractivity contribution >= 4 is 21.6 Å². The maximum Gasteiger partial charge on any atom is 0.166 e. The Morgan fingerprint density at radius 3 is 3.00 bits per heavy atom. The van der Waals surface area contributed by atoms with Gasteiger partial charge in [0.05, 0.1) is 11.6 Å². The molecule has 1 atom stereocenters. The lowest BCUT2D eigenvalue weighted by Gasteiger charge is -2.34. The summed E-state index contributed by atoms with van der Waals surface area (Å²) in [7, 11) is -3.07. The Morgan fingerprint density at radius 1 is 1.50 bits per heavy atom. The van der Waals surface area contributed by atoms with Gasteiger partial charge >= 0.3 is 0 Å². The first-order valence-corrected chi connectivity index (χ1v) is 9.46. The van der Waals surface area contributed by atoms with Crippen LogP contribution in [-0.4, -0.2) is 42.5 Å². The fraction of sp³-hybridized carbons (Fsp3) is 0.500. The van der Waals surface area contributed by atoms with Crippen molar-refractivity contribution in [1.29, 1.82) is 5.26 Å². The van der Waals surface area contributed by atoms with Gasteiger partial charge in [-0.05, 0) is 17.7 Å². The van der Waals surface area contributed by atoms with E-state index in [9.17, 15) is 8.42 Å². The molecular weight excluding hydrogens is 292 g/mol. The molecule has 20 heavy (non-hydrogen) atoms. The van der Waals surface area contributed by atoms with Crippen molar-refractivity contribution in [1.82, 2.24) is 4.90 Å². The maximum atomic E-state index is 12.2. The van der Waals surface area contributed by atoms with Gasteiger partial charge in [-0.15, -0.1) is 0 Å². The van der Waals surface area contributed by atoms with Crippen LogP contribution in [0.4, 0.5) is 0 Å². The predicted molar refractivity (Wildman–Crippen MR) is 82.1 cm³/mol. The first-order chi connectivity index (χ1) is 9.56. The average Bonchev–Trinajstić information content (AvgIpc) is 2.48. The van der Waals surface area contributed by atoms with Crippen LogP contribution in [0.25, 0.3) is 0 Å². The largest absolute Gasteiger partial charge is 0.281 e. The Hall–Kier alpha value is -1.03. The molecule has 1 aromatic rings. The first-order valence-electron chi connectivity index (χ1n) is 6.59. The normalized spacial score (nSPS) is 20.5. The minimum Gasteiger partial charge on any atom is -0.281 e. The molecule has 108 valence electrons. The van der Waals surface area contributed by atoms with Crippen LogP contribution < -0.4 is 0 Å². The summed E-state index contributed by atoms with van der Waals surface area (Å²) in [6, 6.07) is 9.49. The van der Waals surface area contributed by atoms with Gasteiger partial charge in [-0.2, -0.15) is 17.0 Å². The number of hydrogen-bond donors (Lipinski definition) is 0. The summed E-state index contributed by atoms with van der Waals surface area (Å²) in [6.07, 6.45) is 0. The van der Waals surface area contributed by atoms with Gasteiger partial charge in [-0.3, -0.25) is 4.90 Å². The second-order valence-corrected chi connectivity index (χ2v) is 8.36. The molecule has 2 rings (SSSR count). The third-order valence-electron chi connectivity index (χ3n) is 3.45. The molecule has 0 aromatic heterocycles. The summed E-state index contributed by atoms with van der Waals surface area (Å²) in [5.41, 5.74) is 1.61. The van der Waals surface area contributed by atoms with Gasteiger partial charge in [0.15, 0.2) is 9.84 Å². The number of thioether (sulfide) groups is 1. The summed E-state index contributed by atoms with van der Waals surface area (Å²) in [5, 5.41) is 8.52. The fourth-order valence-electron chi connectivity index (χ4n) is 2.29. The highest BCUT2D eigenvalue weighted by Crippen LogP contribution is 2.23. The summed E-state index contributed by atoms with van der Waals surface area (Å²) in [4.78, 5) is 2.02. The fourth-order valence-corrected chi connectivity index (χ4v) is 5.37. The highest BCUT2D eigenvalue weighted by atomic mass is 32.2. The van der Waals surface area contributed by atoms with E-state index in [1.807, 2.05) is 23.1 Å². The lowest BCUT2D eigenvalue weighted by molar-refractivity contribution is 0.261. The van der Waals surface area contributed by atoms with Crippen LogP contribution in [0.1, 0.15) is 18.1 Å². The lowest BCUT2D eigenvalue weighted by Crippen LogP contribution is -2.47. The Kier molecular flexibility index (Phi) is 5.08. The Balaban J connectivity index is 2.19. The van der Waals surface area contributed by atoms with E-state index in [0.29, 0.717) is 17.9 Å². The third-order valence-corrected chi connectivity index (χ3v) is 6.78. The maximum absolute atomic E-state index is 12.2. The highest BCUT2D eigenvalue weighted by Gasteiger charge is 2.32. The number of nitriles is 1. The zero-order chi connectivity index (χ0) is 14.6. The van der Waals surface area contributed by atoms with E-state index < -0.39 is 15.2 Å². The van der Waals surface area contributed by atoms with Gasteiger partial charge in [0.1, 0.15) is 5.37 Å². The molecule has 0 amide bonds. The molecule has 1 aliphatic heterocycles. The van der Waals surface area contributed by atoms with Crippen molar-refractivity contribution in [3.05, 3.63) is 35.4 Å². The van der Waals surface area contributed by atoms with Gasteiger partial charge in [-0.1, -0.05) is 19.1 Å². The number of benzene rings is 1. The van der Waals surface area contributed by atoms with Crippen molar-refractivity contribution in [2.45, 2.75) is 18.8 Å². The lowest BCUT2D eigenvalue weighted by atomic mass is 10.1. The van der Waals surface area contributed by atoms with Gasteiger partial charge in [0, 0.05) is 30.3 Å². The summed E-state index contributed by atoms with van der Waals surface area (Å²) in [6.45, 7) is 3.05. The van der Waals surface area contributed by atoms with E-state index in [2.05, 4.69) is 6.07 Å². The molecule has 1 saturated heterocycles. The Bertz CT molecular complexity index is 608. The molecule has 6 heteroatoms. The van der Waals surface area contributed by atoms with E-state index in [1.165, 1.54) is 0 Å². The van der Waals surface area contributed by atoms with Crippen LogP contribution in [0.2, 0.25) is 0 Å². The Labute approximate surface area is 124 Å². The predicted octanol–water partition coefficient (Wildman–Crippen LogP) is 1.87. The minimum absolute atomic E-state index is 0.174. The Morgan fingerprint density at radius 2 is 2.30 bits per heavy atom. The molecule has 0 radical (unpaired) electrons. The molecular formula is C14H18N2O2S2. The molecule has 1 aliphatic rings. The summed E-state index contributed by atoms with van der Waals surface area (Å²) in [5.74, 6) is 1.76.